The fourth-order valence-corrected chi connectivity index (χ4v) is 7.59. The summed E-state index contributed by atoms with van der Waals surface area (Å²) in [5.74, 6) is 0.0768. The highest BCUT2D eigenvalue weighted by Gasteiger charge is 2.46. The predicted molar refractivity (Wildman–Crippen MR) is 122 cm³/mol. The van der Waals surface area contributed by atoms with Crippen LogP contribution < -0.4 is 0 Å². The number of ether oxygens (including phenoxy) is 1. The molecule has 2 atom stereocenters. The fourth-order valence-electron chi connectivity index (χ4n) is 4.61. The van der Waals surface area contributed by atoms with E-state index in [0.29, 0.717) is 19.1 Å². The third-order valence-corrected chi connectivity index (χ3v) is 9.62. The van der Waals surface area contributed by atoms with Gasteiger partial charge in [0.15, 0.2) is 0 Å². The molecular weight excluding hydrogens is 488 g/mol. The van der Waals surface area contributed by atoms with Crippen molar-refractivity contribution in [1.29, 1.82) is 0 Å². The molecule has 2 aliphatic heterocycles. The number of sulfone groups is 1. The summed E-state index contributed by atoms with van der Waals surface area (Å²) in [6, 6.07) is 0.350. The molecule has 1 fully saturated rings. The molecule has 0 aromatic carbocycles. The van der Waals surface area contributed by atoms with Crippen LogP contribution in [0.3, 0.4) is 0 Å². The topological polar surface area (TPSA) is 77.3 Å². The number of halogens is 1. The largest absolute Gasteiger partial charge is 0.370 e. The highest BCUT2D eigenvalue weighted by Crippen LogP contribution is 2.50. The van der Waals surface area contributed by atoms with E-state index in [9.17, 15) is 8.42 Å². The maximum absolute atomic E-state index is 11.4. The van der Waals surface area contributed by atoms with Crippen molar-refractivity contribution in [3.05, 3.63) is 31.7 Å². The second-order valence-electron chi connectivity index (χ2n) is 8.46. The molecule has 1 spiro atoms. The molecule has 4 heterocycles. The lowest BCUT2D eigenvalue weighted by Gasteiger charge is -2.47. The van der Waals surface area contributed by atoms with Crippen molar-refractivity contribution >= 4 is 37.1 Å². The highest BCUT2D eigenvalue weighted by atomic mass is 79.9. The molecule has 2 aromatic heterocycles. The van der Waals surface area contributed by atoms with Crippen LogP contribution in [-0.4, -0.2) is 59.5 Å². The number of likely N-dealkylation sites (tertiary alicyclic amines) is 1. The molecule has 2 aliphatic rings. The highest BCUT2D eigenvalue weighted by molar-refractivity contribution is 9.10. The van der Waals surface area contributed by atoms with Gasteiger partial charge in [0.05, 0.1) is 30.2 Å². The Balaban J connectivity index is 1.45. The smallest absolute Gasteiger partial charge is 0.149 e. The van der Waals surface area contributed by atoms with Gasteiger partial charge in [0.25, 0.3) is 0 Å². The van der Waals surface area contributed by atoms with Gasteiger partial charge in [-0.2, -0.15) is 0 Å². The van der Waals surface area contributed by atoms with Crippen LogP contribution in [0.4, 0.5) is 0 Å². The standard InChI is InChI=1S/C20H29BrN4O3S2/c1-4-16-19(21)18-17(29-16)5-9-28-20(18)6-7-24(14(2)11-20)12-15-13-25(23-22-15)8-10-30(3,26)27/h13-14H,4-12H2,1-3H3/t14-,20-/m1/s1. The van der Waals surface area contributed by atoms with Crippen molar-refractivity contribution < 1.29 is 13.2 Å². The van der Waals surface area contributed by atoms with Crippen LogP contribution in [0.2, 0.25) is 0 Å². The van der Waals surface area contributed by atoms with Crippen LogP contribution in [0.25, 0.3) is 0 Å². The minimum Gasteiger partial charge on any atom is -0.370 e. The maximum Gasteiger partial charge on any atom is 0.149 e. The number of nitrogens with zero attached hydrogens (tertiary/aromatic N) is 4. The lowest BCUT2D eigenvalue weighted by molar-refractivity contribution is -0.113. The van der Waals surface area contributed by atoms with E-state index in [1.807, 2.05) is 17.5 Å². The zero-order valence-corrected chi connectivity index (χ0v) is 20.9. The van der Waals surface area contributed by atoms with Crippen LogP contribution in [0.15, 0.2) is 10.7 Å². The molecule has 10 heteroatoms. The van der Waals surface area contributed by atoms with E-state index in [0.717, 1.165) is 44.5 Å². The second kappa shape index (κ2) is 8.61. The number of fused-ring (bicyclic) bond motifs is 2. The van der Waals surface area contributed by atoms with E-state index in [1.54, 1.807) is 4.68 Å². The summed E-state index contributed by atoms with van der Waals surface area (Å²) in [5.41, 5.74) is 2.08. The van der Waals surface area contributed by atoms with E-state index < -0.39 is 9.84 Å². The summed E-state index contributed by atoms with van der Waals surface area (Å²) < 4.78 is 32.1. The Labute approximate surface area is 190 Å². The van der Waals surface area contributed by atoms with Crippen LogP contribution in [0.5, 0.6) is 0 Å². The molecular formula is C20H29BrN4O3S2. The molecule has 0 N–H and O–H groups in total. The van der Waals surface area contributed by atoms with Gasteiger partial charge in [-0.3, -0.25) is 9.58 Å². The lowest BCUT2D eigenvalue weighted by atomic mass is 9.79. The molecule has 1 saturated heterocycles. The first-order chi connectivity index (χ1) is 14.2. The molecule has 2 aromatic rings. The molecule has 30 heavy (non-hydrogen) atoms. The zero-order chi connectivity index (χ0) is 21.5. The van der Waals surface area contributed by atoms with E-state index >= 15 is 0 Å². The molecule has 0 radical (unpaired) electrons. The van der Waals surface area contributed by atoms with Crippen LogP contribution in [0.1, 0.15) is 47.7 Å². The molecule has 4 rings (SSSR count). The Morgan fingerprint density at radius 3 is 2.93 bits per heavy atom. The van der Waals surface area contributed by atoms with Gasteiger partial charge in [-0.05, 0) is 42.1 Å². The van der Waals surface area contributed by atoms with Gasteiger partial charge in [0.1, 0.15) is 9.84 Å². The number of piperidine rings is 1. The van der Waals surface area contributed by atoms with Crippen LogP contribution in [-0.2, 0) is 46.1 Å². The molecule has 166 valence electrons. The summed E-state index contributed by atoms with van der Waals surface area (Å²) in [6.45, 7) is 7.25. The van der Waals surface area contributed by atoms with Crippen molar-refractivity contribution in [3.8, 4) is 0 Å². The minimum absolute atomic E-state index is 0.0768. The van der Waals surface area contributed by atoms with Crippen LogP contribution in [0, 0.1) is 0 Å². The SMILES string of the molecule is CCc1sc2c(c1Br)[C@]1(CCN(Cc3cn(CCS(C)(=O)=O)nn3)[C@H](C)C1)OCC2. The molecule has 0 unspecified atom stereocenters. The number of hydrogen-bond donors (Lipinski definition) is 0. The monoisotopic (exact) mass is 516 g/mol. The fraction of sp³-hybridized carbons (Fsp3) is 0.700. The lowest BCUT2D eigenvalue weighted by Crippen LogP contribution is -2.50. The molecule has 7 nitrogen and oxygen atoms in total. The van der Waals surface area contributed by atoms with Gasteiger partial charge in [0.2, 0.25) is 0 Å². The maximum atomic E-state index is 11.4. The van der Waals surface area contributed by atoms with Gasteiger partial charge in [-0.15, -0.1) is 16.4 Å². The van der Waals surface area contributed by atoms with E-state index in [-0.39, 0.29) is 11.4 Å². The number of rotatable bonds is 6. The summed E-state index contributed by atoms with van der Waals surface area (Å²) in [5, 5.41) is 8.35. The molecule has 0 bridgehead atoms. The Kier molecular flexibility index (Phi) is 6.43. The molecule has 0 amide bonds. The van der Waals surface area contributed by atoms with Crippen molar-refractivity contribution in [2.75, 3.05) is 25.2 Å². The van der Waals surface area contributed by atoms with E-state index in [2.05, 4.69) is 45.0 Å². The zero-order valence-electron chi connectivity index (χ0n) is 17.7. The first-order valence-electron chi connectivity index (χ1n) is 10.5. The Morgan fingerprint density at radius 2 is 2.23 bits per heavy atom. The van der Waals surface area contributed by atoms with Gasteiger partial charge < -0.3 is 4.74 Å². The first-order valence-corrected chi connectivity index (χ1v) is 14.1. The van der Waals surface area contributed by atoms with E-state index in [1.165, 1.54) is 26.0 Å². The molecule has 0 saturated carbocycles. The normalized spacial score (nSPS) is 25.0. The number of aryl methyl sites for hydroxylation is 2. The summed E-state index contributed by atoms with van der Waals surface area (Å²) >= 11 is 5.82. The predicted octanol–water partition coefficient (Wildman–Crippen LogP) is 3.16. The van der Waals surface area contributed by atoms with Crippen molar-refractivity contribution in [2.45, 2.75) is 64.3 Å². The second-order valence-corrected chi connectivity index (χ2v) is 12.7. The van der Waals surface area contributed by atoms with Gasteiger partial charge in [-0.1, -0.05) is 12.1 Å². The van der Waals surface area contributed by atoms with Crippen molar-refractivity contribution in [1.82, 2.24) is 19.9 Å². The van der Waals surface area contributed by atoms with Gasteiger partial charge in [-0.25, -0.2) is 8.42 Å². The summed E-state index contributed by atoms with van der Waals surface area (Å²) in [7, 11) is -3.01. The first kappa shape index (κ1) is 22.4. The number of thiophene rings is 1. The van der Waals surface area contributed by atoms with Crippen molar-refractivity contribution in [2.24, 2.45) is 0 Å². The third kappa shape index (κ3) is 4.53. The Morgan fingerprint density at radius 1 is 1.43 bits per heavy atom. The summed E-state index contributed by atoms with van der Waals surface area (Å²) in [6.07, 6.45) is 7.08. The molecule has 0 aliphatic carbocycles. The van der Waals surface area contributed by atoms with Crippen molar-refractivity contribution in [3.63, 3.8) is 0 Å². The van der Waals surface area contributed by atoms with Gasteiger partial charge >= 0.3 is 0 Å². The number of aromatic nitrogens is 3. The minimum atomic E-state index is -3.01. The van der Waals surface area contributed by atoms with Gasteiger partial charge in [0, 0.05) is 57.8 Å². The third-order valence-electron chi connectivity index (χ3n) is 6.17. The number of hydrogen-bond acceptors (Lipinski definition) is 7. The average molecular weight is 518 g/mol. The average Bonchev–Trinajstić information content (AvgIpc) is 3.27. The Hall–Kier alpha value is -0.810. The quantitative estimate of drug-likeness (QED) is 0.586. The van der Waals surface area contributed by atoms with Crippen LogP contribution >= 0.6 is 27.3 Å². The Bertz CT molecular complexity index is 1020. The van der Waals surface area contributed by atoms with E-state index in [4.69, 9.17) is 4.74 Å². The summed E-state index contributed by atoms with van der Waals surface area (Å²) in [4.78, 5) is 5.33.